The molecule has 1 fully saturated rings. The lowest BCUT2D eigenvalue weighted by Crippen LogP contribution is -2.36. The topological polar surface area (TPSA) is 54.5 Å². The minimum Gasteiger partial charge on any atom is -0.376 e. The lowest BCUT2D eigenvalue weighted by atomic mass is 10.2. The smallest absolute Gasteiger partial charge is 0.266 e. The van der Waals surface area contributed by atoms with Crippen LogP contribution in [0.4, 0.5) is 5.13 Å². The van der Waals surface area contributed by atoms with Crippen LogP contribution in [0.2, 0.25) is 0 Å². The normalized spacial score (nSPS) is 17.4. The number of anilines is 1. The molecule has 1 atom stereocenters. The van der Waals surface area contributed by atoms with Gasteiger partial charge in [0.1, 0.15) is 4.88 Å². The summed E-state index contributed by atoms with van der Waals surface area (Å²) in [5, 5.41) is 7.93. The van der Waals surface area contributed by atoms with Gasteiger partial charge in [-0.3, -0.25) is 4.79 Å². The number of hydrogen-bond acceptors (Lipinski definition) is 6. The molecule has 5 nitrogen and oxygen atoms in total. The van der Waals surface area contributed by atoms with Crippen molar-refractivity contribution in [1.29, 1.82) is 0 Å². The summed E-state index contributed by atoms with van der Waals surface area (Å²) in [6.07, 6.45) is 2.25. The van der Waals surface area contributed by atoms with Crippen LogP contribution >= 0.6 is 22.7 Å². The molecule has 2 aromatic rings. The number of ether oxygens (including phenoxy) is 1. The van der Waals surface area contributed by atoms with E-state index in [2.05, 4.69) is 21.7 Å². The number of rotatable bonds is 6. The van der Waals surface area contributed by atoms with Crippen LogP contribution in [0.1, 0.15) is 33.8 Å². The summed E-state index contributed by atoms with van der Waals surface area (Å²) in [7, 11) is 1.82. The number of nitrogens with one attached hydrogen (secondary N) is 1. The van der Waals surface area contributed by atoms with E-state index in [-0.39, 0.29) is 12.0 Å². The molecule has 2 aromatic heterocycles. The third-order valence-electron chi connectivity index (χ3n) is 3.89. The zero-order valence-electron chi connectivity index (χ0n) is 13.4. The molecule has 124 valence electrons. The Balaban J connectivity index is 1.80. The summed E-state index contributed by atoms with van der Waals surface area (Å²) in [5.74, 6) is 0.0446. The maximum atomic E-state index is 13.0. The van der Waals surface area contributed by atoms with Crippen LogP contribution in [0.3, 0.4) is 0 Å². The zero-order valence-corrected chi connectivity index (χ0v) is 15.0. The maximum Gasteiger partial charge on any atom is 0.266 e. The van der Waals surface area contributed by atoms with Crippen molar-refractivity contribution >= 4 is 33.7 Å². The van der Waals surface area contributed by atoms with Crippen molar-refractivity contribution < 1.29 is 9.53 Å². The lowest BCUT2D eigenvalue weighted by Gasteiger charge is -2.25. The fourth-order valence-corrected chi connectivity index (χ4v) is 4.25. The monoisotopic (exact) mass is 351 g/mol. The van der Waals surface area contributed by atoms with Gasteiger partial charge in [0.05, 0.1) is 11.8 Å². The predicted molar refractivity (Wildman–Crippen MR) is 94.4 cm³/mol. The summed E-state index contributed by atoms with van der Waals surface area (Å²) >= 11 is 3.07. The second-order valence-electron chi connectivity index (χ2n) is 5.64. The van der Waals surface area contributed by atoms with E-state index >= 15 is 0 Å². The maximum absolute atomic E-state index is 13.0. The van der Waals surface area contributed by atoms with E-state index in [1.807, 2.05) is 24.3 Å². The van der Waals surface area contributed by atoms with Crippen LogP contribution in [0, 0.1) is 6.92 Å². The lowest BCUT2D eigenvalue weighted by molar-refractivity contribution is 0.0510. The predicted octanol–water partition coefficient (Wildman–Crippen LogP) is 3.38. The van der Waals surface area contributed by atoms with Gasteiger partial charge in [-0.25, -0.2) is 4.98 Å². The van der Waals surface area contributed by atoms with Gasteiger partial charge in [0.2, 0.25) is 0 Å². The number of carbonyl (C=O) groups excluding carboxylic acids is 1. The average molecular weight is 351 g/mol. The number of amides is 1. The summed E-state index contributed by atoms with van der Waals surface area (Å²) < 4.78 is 5.73. The van der Waals surface area contributed by atoms with Crippen molar-refractivity contribution in [2.24, 2.45) is 0 Å². The van der Waals surface area contributed by atoms with Crippen molar-refractivity contribution in [3.63, 3.8) is 0 Å². The fourth-order valence-electron chi connectivity index (χ4n) is 2.70. The molecule has 0 saturated carbocycles. The minimum atomic E-state index is 0.0446. The van der Waals surface area contributed by atoms with Crippen molar-refractivity contribution in [2.75, 3.05) is 25.5 Å². The molecule has 1 saturated heterocycles. The molecule has 0 spiro atoms. The molecule has 0 aromatic carbocycles. The van der Waals surface area contributed by atoms with Crippen LogP contribution in [-0.4, -0.2) is 42.1 Å². The Labute approximate surface area is 144 Å². The van der Waals surface area contributed by atoms with E-state index in [1.54, 1.807) is 11.3 Å². The Morgan fingerprint density at radius 1 is 1.57 bits per heavy atom. The highest BCUT2D eigenvalue weighted by Crippen LogP contribution is 2.25. The third kappa shape index (κ3) is 3.91. The molecule has 0 aliphatic carbocycles. The van der Waals surface area contributed by atoms with Crippen LogP contribution in [0.25, 0.3) is 0 Å². The number of thiophene rings is 1. The number of nitrogens with zero attached hydrogens (tertiary/aromatic N) is 2. The van der Waals surface area contributed by atoms with Gasteiger partial charge < -0.3 is 15.0 Å². The van der Waals surface area contributed by atoms with Crippen LogP contribution < -0.4 is 5.32 Å². The summed E-state index contributed by atoms with van der Waals surface area (Å²) in [6.45, 7) is 3.95. The first-order chi connectivity index (χ1) is 11.2. The first-order valence-corrected chi connectivity index (χ1v) is 9.50. The molecule has 1 aliphatic rings. The first kappa shape index (κ1) is 16.4. The molecule has 3 heterocycles. The number of hydrogen-bond donors (Lipinski definition) is 1. The molecule has 1 amide bonds. The van der Waals surface area contributed by atoms with Gasteiger partial charge in [-0.2, -0.15) is 11.3 Å². The van der Waals surface area contributed by atoms with Gasteiger partial charge in [-0.05, 0) is 42.2 Å². The Morgan fingerprint density at radius 3 is 3.04 bits per heavy atom. The average Bonchev–Trinajstić information content (AvgIpc) is 3.27. The van der Waals surface area contributed by atoms with Crippen molar-refractivity contribution in [2.45, 2.75) is 32.4 Å². The van der Waals surface area contributed by atoms with Gasteiger partial charge in [0, 0.05) is 26.7 Å². The summed E-state index contributed by atoms with van der Waals surface area (Å²) in [4.78, 5) is 20.0. The van der Waals surface area contributed by atoms with E-state index in [0.717, 1.165) is 35.8 Å². The molecule has 3 rings (SSSR count). The standard InChI is InChI=1S/C16H21N3O2S2/c1-11-14(23-16(17-2)18-11)15(20)19(8-12-5-7-22-10-12)9-13-4-3-6-21-13/h5,7,10,13H,3-4,6,8-9H2,1-2H3,(H,17,18)/t13-/m1/s1. The van der Waals surface area contributed by atoms with Crippen molar-refractivity contribution in [3.8, 4) is 0 Å². The van der Waals surface area contributed by atoms with Crippen molar-refractivity contribution in [3.05, 3.63) is 33.0 Å². The Hall–Kier alpha value is -1.44. The second-order valence-corrected chi connectivity index (χ2v) is 7.41. The molecule has 0 bridgehead atoms. The molecule has 1 N–H and O–H groups in total. The van der Waals surface area contributed by atoms with E-state index in [1.165, 1.54) is 11.3 Å². The van der Waals surface area contributed by atoms with Crippen LogP contribution in [0.5, 0.6) is 0 Å². The highest BCUT2D eigenvalue weighted by atomic mass is 32.1. The fraction of sp³-hybridized carbons (Fsp3) is 0.500. The first-order valence-electron chi connectivity index (χ1n) is 7.74. The SMILES string of the molecule is CNc1nc(C)c(C(=O)N(Cc2ccsc2)C[C@H]2CCCO2)s1. The molecule has 7 heteroatoms. The number of thiazole rings is 1. The second kappa shape index (κ2) is 7.42. The molecular weight excluding hydrogens is 330 g/mol. The van der Waals surface area contributed by atoms with Crippen LogP contribution in [-0.2, 0) is 11.3 Å². The highest BCUT2D eigenvalue weighted by molar-refractivity contribution is 7.17. The molecule has 0 radical (unpaired) electrons. The highest BCUT2D eigenvalue weighted by Gasteiger charge is 2.26. The summed E-state index contributed by atoms with van der Waals surface area (Å²) in [5.41, 5.74) is 1.95. The van der Waals surface area contributed by atoms with E-state index in [0.29, 0.717) is 18.0 Å². The van der Waals surface area contributed by atoms with Gasteiger partial charge in [-0.1, -0.05) is 11.3 Å². The number of aryl methyl sites for hydroxylation is 1. The van der Waals surface area contributed by atoms with E-state index in [9.17, 15) is 4.79 Å². The van der Waals surface area contributed by atoms with Gasteiger partial charge in [0.15, 0.2) is 5.13 Å². The van der Waals surface area contributed by atoms with Crippen molar-refractivity contribution in [1.82, 2.24) is 9.88 Å². The number of aromatic nitrogens is 1. The third-order valence-corrected chi connectivity index (χ3v) is 5.79. The minimum absolute atomic E-state index is 0.0446. The van der Waals surface area contributed by atoms with E-state index in [4.69, 9.17) is 4.74 Å². The number of carbonyl (C=O) groups is 1. The van der Waals surface area contributed by atoms with E-state index < -0.39 is 0 Å². The Morgan fingerprint density at radius 2 is 2.43 bits per heavy atom. The molecule has 23 heavy (non-hydrogen) atoms. The van der Waals surface area contributed by atoms with Crippen LogP contribution in [0.15, 0.2) is 16.8 Å². The Kier molecular flexibility index (Phi) is 5.30. The largest absolute Gasteiger partial charge is 0.376 e. The van der Waals surface area contributed by atoms with Gasteiger partial charge in [-0.15, -0.1) is 0 Å². The molecule has 0 unspecified atom stereocenters. The summed E-state index contributed by atoms with van der Waals surface area (Å²) in [6, 6.07) is 2.07. The quantitative estimate of drug-likeness (QED) is 0.867. The zero-order chi connectivity index (χ0) is 16.2. The molecular formula is C16H21N3O2S2. The molecule has 1 aliphatic heterocycles. The Bertz CT molecular complexity index is 648. The van der Waals surface area contributed by atoms with Gasteiger partial charge in [0.25, 0.3) is 5.91 Å². The van der Waals surface area contributed by atoms with Gasteiger partial charge >= 0.3 is 0 Å².